The zero-order valence-electron chi connectivity index (χ0n) is 11.9. The maximum atomic E-state index is 12.6. The molecule has 19 heavy (non-hydrogen) atoms. The van der Waals surface area contributed by atoms with Gasteiger partial charge in [0.1, 0.15) is 0 Å². The molecule has 0 aromatic heterocycles. The van der Waals surface area contributed by atoms with Crippen molar-refractivity contribution >= 4 is 0 Å². The molecule has 2 nitrogen and oxygen atoms in total. The lowest BCUT2D eigenvalue weighted by Gasteiger charge is -2.51. The van der Waals surface area contributed by atoms with Crippen LogP contribution in [0.5, 0.6) is 0 Å². The number of rotatable bonds is 2. The van der Waals surface area contributed by atoms with Crippen molar-refractivity contribution in [3.63, 3.8) is 0 Å². The molecule has 0 amide bonds. The first-order chi connectivity index (χ1) is 8.81. The first-order valence-electron chi connectivity index (χ1n) is 7.39. The summed E-state index contributed by atoms with van der Waals surface area (Å²) in [5.74, 6) is 0. The summed E-state index contributed by atoms with van der Waals surface area (Å²) in [6, 6.07) is -0.235. The Labute approximate surface area is 113 Å². The first kappa shape index (κ1) is 15.1. The highest BCUT2D eigenvalue weighted by Crippen LogP contribution is 2.34. The fourth-order valence-corrected chi connectivity index (χ4v) is 3.65. The molecule has 2 atom stereocenters. The summed E-state index contributed by atoms with van der Waals surface area (Å²) in [5, 5.41) is 3.61. The number of piperazine rings is 1. The molecular formula is C14H25F3N2. The summed E-state index contributed by atoms with van der Waals surface area (Å²) >= 11 is 0. The van der Waals surface area contributed by atoms with Crippen LogP contribution in [-0.4, -0.2) is 41.8 Å². The molecule has 5 heteroatoms. The normalized spacial score (nSPS) is 30.5. The Morgan fingerprint density at radius 3 is 2.47 bits per heavy atom. The Balaban J connectivity index is 2.01. The van der Waals surface area contributed by atoms with Gasteiger partial charge in [-0.05, 0) is 26.7 Å². The van der Waals surface area contributed by atoms with E-state index >= 15 is 0 Å². The van der Waals surface area contributed by atoms with Crippen LogP contribution in [0.3, 0.4) is 0 Å². The van der Waals surface area contributed by atoms with E-state index in [0.717, 1.165) is 25.9 Å². The Bertz CT molecular complexity index is 298. The lowest BCUT2D eigenvalue weighted by atomic mass is 9.79. The van der Waals surface area contributed by atoms with Gasteiger partial charge in [0.05, 0.1) is 6.42 Å². The fourth-order valence-electron chi connectivity index (χ4n) is 3.65. The van der Waals surface area contributed by atoms with Gasteiger partial charge in [-0.1, -0.05) is 19.3 Å². The molecule has 0 radical (unpaired) electrons. The van der Waals surface area contributed by atoms with E-state index in [2.05, 4.69) is 10.2 Å². The van der Waals surface area contributed by atoms with Crippen molar-refractivity contribution in [1.82, 2.24) is 10.2 Å². The molecule has 1 heterocycles. The number of hydrogen-bond donors (Lipinski definition) is 1. The third-order valence-electron chi connectivity index (χ3n) is 4.73. The van der Waals surface area contributed by atoms with Crippen molar-refractivity contribution in [2.24, 2.45) is 0 Å². The molecule has 112 valence electrons. The van der Waals surface area contributed by atoms with E-state index in [1.54, 1.807) is 6.92 Å². The smallest absolute Gasteiger partial charge is 0.308 e. The zero-order chi connectivity index (χ0) is 14.1. The van der Waals surface area contributed by atoms with Crippen molar-refractivity contribution in [2.45, 2.75) is 76.2 Å². The Morgan fingerprint density at radius 2 is 1.89 bits per heavy atom. The van der Waals surface area contributed by atoms with Crippen molar-refractivity contribution in [1.29, 1.82) is 0 Å². The molecule has 1 N–H and O–H groups in total. The standard InChI is InChI=1S/C14H25F3N2/c1-11(8-14(15,16)17)19-10-13(18-9-12(19)2)6-4-3-5-7-13/h11-12,18H,3-10H2,1-2H3. The van der Waals surface area contributed by atoms with E-state index < -0.39 is 18.6 Å². The summed E-state index contributed by atoms with van der Waals surface area (Å²) in [6.07, 6.45) is 1.10. The van der Waals surface area contributed by atoms with E-state index in [-0.39, 0.29) is 11.6 Å². The molecule has 1 aliphatic heterocycles. The van der Waals surface area contributed by atoms with Gasteiger partial charge in [-0.2, -0.15) is 13.2 Å². The van der Waals surface area contributed by atoms with Crippen LogP contribution in [0, 0.1) is 0 Å². The summed E-state index contributed by atoms with van der Waals surface area (Å²) in [4.78, 5) is 2.06. The second-order valence-corrected chi connectivity index (χ2v) is 6.41. The number of halogens is 3. The van der Waals surface area contributed by atoms with Gasteiger partial charge in [-0.15, -0.1) is 0 Å². The van der Waals surface area contributed by atoms with Crippen LogP contribution in [0.2, 0.25) is 0 Å². The third kappa shape index (κ3) is 3.85. The maximum Gasteiger partial charge on any atom is 0.390 e. The summed E-state index contributed by atoms with van der Waals surface area (Å²) in [7, 11) is 0. The van der Waals surface area contributed by atoms with Gasteiger partial charge >= 0.3 is 6.18 Å². The van der Waals surface area contributed by atoms with Gasteiger partial charge < -0.3 is 5.32 Å². The highest BCUT2D eigenvalue weighted by atomic mass is 19.4. The van der Waals surface area contributed by atoms with Crippen LogP contribution in [-0.2, 0) is 0 Å². The van der Waals surface area contributed by atoms with Crippen molar-refractivity contribution < 1.29 is 13.2 Å². The average Bonchev–Trinajstić information content (AvgIpc) is 2.32. The second-order valence-electron chi connectivity index (χ2n) is 6.41. The zero-order valence-corrected chi connectivity index (χ0v) is 11.9. The lowest BCUT2D eigenvalue weighted by Crippen LogP contribution is -2.65. The van der Waals surface area contributed by atoms with E-state index in [1.165, 1.54) is 19.3 Å². The summed E-state index contributed by atoms with van der Waals surface area (Å²) in [5.41, 5.74) is 0.0740. The van der Waals surface area contributed by atoms with E-state index in [9.17, 15) is 13.2 Å². The number of hydrogen-bond acceptors (Lipinski definition) is 2. The van der Waals surface area contributed by atoms with Gasteiger partial charge in [0.15, 0.2) is 0 Å². The largest absolute Gasteiger partial charge is 0.390 e. The van der Waals surface area contributed by atoms with Crippen molar-refractivity contribution in [2.75, 3.05) is 13.1 Å². The van der Waals surface area contributed by atoms with Crippen LogP contribution in [0.15, 0.2) is 0 Å². The predicted molar refractivity (Wildman–Crippen MR) is 70.1 cm³/mol. The van der Waals surface area contributed by atoms with E-state index in [1.807, 2.05) is 6.92 Å². The topological polar surface area (TPSA) is 15.3 Å². The van der Waals surface area contributed by atoms with Crippen LogP contribution < -0.4 is 5.32 Å². The Kier molecular flexibility index (Phi) is 4.45. The van der Waals surface area contributed by atoms with Gasteiger partial charge in [-0.3, -0.25) is 4.90 Å². The Hall–Kier alpha value is -0.290. The summed E-state index contributed by atoms with van der Waals surface area (Å²) < 4.78 is 37.7. The van der Waals surface area contributed by atoms with Crippen LogP contribution >= 0.6 is 0 Å². The quantitative estimate of drug-likeness (QED) is 0.833. The number of alkyl halides is 3. The average molecular weight is 278 g/mol. The molecule has 1 spiro atoms. The second kappa shape index (κ2) is 5.60. The highest BCUT2D eigenvalue weighted by molar-refractivity contribution is 5.00. The predicted octanol–water partition coefficient (Wildman–Crippen LogP) is 3.32. The van der Waals surface area contributed by atoms with E-state index in [4.69, 9.17) is 0 Å². The molecule has 2 unspecified atom stereocenters. The van der Waals surface area contributed by atoms with Gasteiger partial charge in [0.25, 0.3) is 0 Å². The van der Waals surface area contributed by atoms with Gasteiger partial charge in [0.2, 0.25) is 0 Å². The monoisotopic (exact) mass is 278 g/mol. The molecule has 2 rings (SSSR count). The molecule has 0 bridgehead atoms. The molecule has 1 saturated carbocycles. The molecule has 2 aliphatic rings. The molecule has 0 aromatic rings. The van der Waals surface area contributed by atoms with Crippen molar-refractivity contribution in [3.8, 4) is 0 Å². The lowest BCUT2D eigenvalue weighted by molar-refractivity contribution is -0.150. The first-order valence-corrected chi connectivity index (χ1v) is 7.39. The fraction of sp³-hybridized carbons (Fsp3) is 1.00. The Morgan fingerprint density at radius 1 is 1.26 bits per heavy atom. The minimum atomic E-state index is -4.07. The van der Waals surface area contributed by atoms with Crippen LogP contribution in [0.1, 0.15) is 52.4 Å². The van der Waals surface area contributed by atoms with Gasteiger partial charge in [0, 0.05) is 30.7 Å². The molecule has 1 saturated heterocycles. The highest BCUT2D eigenvalue weighted by Gasteiger charge is 2.42. The number of nitrogens with zero attached hydrogens (tertiary/aromatic N) is 1. The third-order valence-corrected chi connectivity index (χ3v) is 4.73. The van der Waals surface area contributed by atoms with E-state index in [0.29, 0.717) is 0 Å². The molecule has 0 aromatic carbocycles. The molecule has 1 aliphatic carbocycles. The number of nitrogens with one attached hydrogen (secondary N) is 1. The minimum Gasteiger partial charge on any atom is -0.308 e. The minimum absolute atomic E-state index is 0.0740. The van der Waals surface area contributed by atoms with Crippen LogP contribution in [0.25, 0.3) is 0 Å². The van der Waals surface area contributed by atoms with Crippen molar-refractivity contribution in [3.05, 3.63) is 0 Å². The summed E-state index contributed by atoms with van der Waals surface area (Å²) in [6.45, 7) is 5.31. The van der Waals surface area contributed by atoms with Gasteiger partial charge in [-0.25, -0.2) is 0 Å². The van der Waals surface area contributed by atoms with Crippen LogP contribution in [0.4, 0.5) is 13.2 Å². The maximum absolute atomic E-state index is 12.6. The SMILES string of the molecule is CC1CNC2(CCCCC2)CN1C(C)CC(F)(F)F. The molecule has 2 fully saturated rings. The molecular weight excluding hydrogens is 253 g/mol.